The molecule has 1 saturated heterocycles. The van der Waals surface area contributed by atoms with E-state index in [0.29, 0.717) is 5.60 Å². The van der Waals surface area contributed by atoms with E-state index in [9.17, 15) is 0 Å². The van der Waals surface area contributed by atoms with Crippen molar-refractivity contribution in [3.8, 4) is 0 Å². The molecule has 4 rings (SSSR count). The summed E-state index contributed by atoms with van der Waals surface area (Å²) in [7, 11) is 0. The number of rotatable bonds is 0. The van der Waals surface area contributed by atoms with Crippen molar-refractivity contribution in [1.82, 2.24) is 0 Å². The SMILES string of the molecule is C1CC2(CO2)C2CC1C2. The molecule has 50 valence electrons. The molecule has 3 aliphatic carbocycles. The van der Waals surface area contributed by atoms with Gasteiger partial charge in [0.05, 0.1) is 12.2 Å². The summed E-state index contributed by atoms with van der Waals surface area (Å²) in [6.07, 6.45) is 5.80. The van der Waals surface area contributed by atoms with E-state index < -0.39 is 0 Å². The first kappa shape index (κ1) is 4.73. The first-order valence-corrected chi connectivity index (χ1v) is 4.03. The van der Waals surface area contributed by atoms with Crippen molar-refractivity contribution in [3.63, 3.8) is 0 Å². The van der Waals surface area contributed by atoms with Crippen molar-refractivity contribution in [2.75, 3.05) is 6.61 Å². The fourth-order valence-corrected chi connectivity index (χ4v) is 2.53. The predicted molar refractivity (Wildman–Crippen MR) is 34.1 cm³/mol. The van der Waals surface area contributed by atoms with Crippen LogP contribution in [0.4, 0.5) is 0 Å². The number of ether oxygens (including phenoxy) is 1. The van der Waals surface area contributed by atoms with Gasteiger partial charge in [0, 0.05) is 0 Å². The van der Waals surface area contributed by atoms with Gasteiger partial charge in [-0.25, -0.2) is 0 Å². The number of hydrogen-bond acceptors (Lipinski definition) is 1. The van der Waals surface area contributed by atoms with E-state index in [2.05, 4.69) is 0 Å². The Morgan fingerprint density at radius 3 is 2.44 bits per heavy atom. The van der Waals surface area contributed by atoms with Crippen LogP contribution in [0.1, 0.15) is 25.7 Å². The minimum atomic E-state index is 0.453. The molecular weight excluding hydrogens is 112 g/mol. The average Bonchev–Trinajstić information content (AvgIpc) is 2.47. The fourth-order valence-electron chi connectivity index (χ4n) is 2.53. The van der Waals surface area contributed by atoms with Crippen molar-refractivity contribution in [2.45, 2.75) is 31.3 Å². The van der Waals surface area contributed by atoms with Gasteiger partial charge in [0.1, 0.15) is 0 Å². The minimum Gasteiger partial charge on any atom is -0.369 e. The second-order valence-electron chi connectivity index (χ2n) is 3.93. The van der Waals surface area contributed by atoms with Crippen LogP contribution in [0.5, 0.6) is 0 Å². The Labute approximate surface area is 55.4 Å². The third-order valence-corrected chi connectivity index (χ3v) is 3.47. The Kier molecular flexibility index (Phi) is 0.628. The third kappa shape index (κ3) is 0.454. The second-order valence-corrected chi connectivity index (χ2v) is 3.93. The molecule has 1 atom stereocenters. The van der Waals surface area contributed by atoms with Crippen molar-refractivity contribution in [3.05, 3.63) is 0 Å². The summed E-state index contributed by atoms with van der Waals surface area (Å²) < 4.78 is 5.49. The third-order valence-electron chi connectivity index (χ3n) is 3.47. The minimum absolute atomic E-state index is 0.453. The number of hydrogen-bond donors (Lipinski definition) is 0. The molecule has 1 unspecified atom stereocenters. The van der Waals surface area contributed by atoms with Gasteiger partial charge >= 0.3 is 0 Å². The molecule has 0 N–H and O–H groups in total. The standard InChI is InChI=1S/C8H12O/c1-2-8(5-9-8)7-3-6(1)4-7/h6-7H,1-5H2. The van der Waals surface area contributed by atoms with Gasteiger partial charge in [0.2, 0.25) is 0 Å². The normalized spacial score (nSPS) is 61.3. The molecular formula is C8H12O. The molecule has 2 bridgehead atoms. The van der Waals surface area contributed by atoms with E-state index in [1.807, 2.05) is 0 Å². The summed E-state index contributed by atoms with van der Waals surface area (Å²) >= 11 is 0. The van der Waals surface area contributed by atoms with Gasteiger partial charge < -0.3 is 4.74 Å². The van der Waals surface area contributed by atoms with Crippen LogP contribution in [-0.4, -0.2) is 12.2 Å². The van der Waals surface area contributed by atoms with Gasteiger partial charge in [-0.05, 0) is 37.5 Å². The molecule has 4 aliphatic rings. The topological polar surface area (TPSA) is 12.5 Å². The molecule has 9 heavy (non-hydrogen) atoms. The van der Waals surface area contributed by atoms with E-state index in [0.717, 1.165) is 18.4 Å². The highest BCUT2D eigenvalue weighted by Gasteiger charge is 2.58. The zero-order valence-electron chi connectivity index (χ0n) is 5.60. The maximum atomic E-state index is 5.49. The van der Waals surface area contributed by atoms with Gasteiger partial charge in [-0.15, -0.1) is 0 Å². The molecule has 1 aliphatic heterocycles. The Bertz CT molecular complexity index is 140. The van der Waals surface area contributed by atoms with Crippen LogP contribution in [-0.2, 0) is 4.74 Å². The molecule has 0 radical (unpaired) electrons. The Balaban J connectivity index is 1.88. The summed E-state index contributed by atoms with van der Waals surface area (Å²) in [5.41, 5.74) is 0.453. The van der Waals surface area contributed by atoms with E-state index in [4.69, 9.17) is 4.74 Å². The van der Waals surface area contributed by atoms with Gasteiger partial charge in [0.15, 0.2) is 0 Å². The Hall–Kier alpha value is -0.0400. The zero-order chi connectivity index (χ0) is 5.90. The highest BCUT2D eigenvalue weighted by molar-refractivity contribution is 5.07. The van der Waals surface area contributed by atoms with Crippen LogP contribution >= 0.6 is 0 Å². The van der Waals surface area contributed by atoms with Gasteiger partial charge in [-0.3, -0.25) is 0 Å². The Morgan fingerprint density at radius 1 is 1.33 bits per heavy atom. The smallest absolute Gasteiger partial charge is 0.0944 e. The zero-order valence-corrected chi connectivity index (χ0v) is 5.60. The predicted octanol–water partition coefficient (Wildman–Crippen LogP) is 1.58. The maximum absolute atomic E-state index is 5.49. The molecule has 0 aromatic carbocycles. The molecule has 0 aromatic heterocycles. The lowest BCUT2D eigenvalue weighted by atomic mass is 9.60. The van der Waals surface area contributed by atoms with E-state index in [1.54, 1.807) is 0 Å². The number of fused-ring (bicyclic) bond motifs is 1. The van der Waals surface area contributed by atoms with Gasteiger partial charge in [-0.1, -0.05) is 0 Å². The van der Waals surface area contributed by atoms with Crippen LogP contribution in [0, 0.1) is 11.8 Å². The molecule has 1 heterocycles. The first-order valence-electron chi connectivity index (χ1n) is 4.03. The molecule has 4 fully saturated rings. The van der Waals surface area contributed by atoms with E-state index in [1.165, 1.54) is 25.7 Å². The maximum Gasteiger partial charge on any atom is 0.0944 e. The average molecular weight is 124 g/mol. The van der Waals surface area contributed by atoms with Crippen LogP contribution in [0.25, 0.3) is 0 Å². The summed E-state index contributed by atoms with van der Waals surface area (Å²) in [5, 5.41) is 0. The van der Waals surface area contributed by atoms with Crippen LogP contribution in [0.2, 0.25) is 0 Å². The molecule has 3 saturated carbocycles. The van der Waals surface area contributed by atoms with Crippen molar-refractivity contribution < 1.29 is 4.74 Å². The largest absolute Gasteiger partial charge is 0.369 e. The second kappa shape index (κ2) is 1.20. The lowest BCUT2D eigenvalue weighted by Crippen LogP contribution is -2.42. The van der Waals surface area contributed by atoms with Crippen molar-refractivity contribution in [2.24, 2.45) is 11.8 Å². The summed E-state index contributed by atoms with van der Waals surface area (Å²) in [4.78, 5) is 0. The molecule has 0 aromatic rings. The highest BCUT2D eigenvalue weighted by atomic mass is 16.6. The summed E-state index contributed by atoms with van der Waals surface area (Å²) in [6.45, 7) is 1.09. The Morgan fingerprint density at radius 2 is 2.11 bits per heavy atom. The van der Waals surface area contributed by atoms with Gasteiger partial charge in [-0.2, -0.15) is 0 Å². The van der Waals surface area contributed by atoms with Crippen molar-refractivity contribution in [1.29, 1.82) is 0 Å². The summed E-state index contributed by atoms with van der Waals surface area (Å²) in [6, 6.07) is 0. The summed E-state index contributed by atoms with van der Waals surface area (Å²) in [5.74, 6) is 2.08. The van der Waals surface area contributed by atoms with E-state index >= 15 is 0 Å². The number of epoxide rings is 1. The molecule has 1 nitrogen and oxygen atoms in total. The quantitative estimate of drug-likeness (QED) is 0.446. The van der Waals surface area contributed by atoms with Crippen LogP contribution < -0.4 is 0 Å². The lowest BCUT2D eigenvalue weighted by Gasteiger charge is -2.45. The fraction of sp³-hybridized carbons (Fsp3) is 1.00. The van der Waals surface area contributed by atoms with E-state index in [-0.39, 0.29) is 0 Å². The van der Waals surface area contributed by atoms with Crippen LogP contribution in [0.15, 0.2) is 0 Å². The van der Waals surface area contributed by atoms with Crippen molar-refractivity contribution >= 4 is 0 Å². The first-order chi connectivity index (χ1) is 4.39. The molecule has 1 spiro atoms. The lowest BCUT2D eigenvalue weighted by molar-refractivity contribution is 0.0213. The molecule has 0 amide bonds. The highest BCUT2D eigenvalue weighted by Crippen LogP contribution is 2.58. The van der Waals surface area contributed by atoms with Crippen LogP contribution in [0.3, 0.4) is 0 Å². The molecule has 1 heteroatoms. The monoisotopic (exact) mass is 124 g/mol. The van der Waals surface area contributed by atoms with Gasteiger partial charge in [0.25, 0.3) is 0 Å².